The Kier molecular flexibility index (Phi) is 3.61. The van der Waals surface area contributed by atoms with Crippen molar-refractivity contribution >= 4 is 6.09 Å². The van der Waals surface area contributed by atoms with E-state index in [0.717, 1.165) is 25.4 Å². The molecule has 0 aromatic heterocycles. The minimum absolute atomic E-state index is 0.265. The molecule has 2 fully saturated rings. The predicted octanol–water partition coefficient (Wildman–Crippen LogP) is 1.90. The summed E-state index contributed by atoms with van der Waals surface area (Å²) >= 11 is 0. The van der Waals surface area contributed by atoms with Gasteiger partial charge in [0, 0.05) is 6.04 Å². The molecule has 4 nitrogen and oxygen atoms in total. The van der Waals surface area contributed by atoms with Crippen LogP contribution in [0.1, 0.15) is 40.0 Å². The summed E-state index contributed by atoms with van der Waals surface area (Å²) in [6.07, 6.45) is 3.36. The minimum Gasteiger partial charge on any atom is -0.444 e. The van der Waals surface area contributed by atoms with Gasteiger partial charge in [0.05, 0.1) is 0 Å². The van der Waals surface area contributed by atoms with E-state index in [4.69, 9.17) is 4.74 Å². The quantitative estimate of drug-likeness (QED) is 0.775. The van der Waals surface area contributed by atoms with Gasteiger partial charge >= 0.3 is 6.09 Å². The smallest absolute Gasteiger partial charge is 0.407 e. The SMILES string of the molecule is CC(C)(C)OC(=O)N[C@H]1C[C@@H]1C1CCNCC1. The number of ether oxygens (including phenoxy) is 1. The van der Waals surface area contributed by atoms with Gasteiger partial charge in [0.25, 0.3) is 0 Å². The van der Waals surface area contributed by atoms with Crippen LogP contribution >= 0.6 is 0 Å². The summed E-state index contributed by atoms with van der Waals surface area (Å²) in [5.74, 6) is 1.47. The lowest BCUT2D eigenvalue weighted by atomic mass is 9.93. The van der Waals surface area contributed by atoms with Crippen molar-refractivity contribution in [3.05, 3.63) is 0 Å². The summed E-state index contributed by atoms with van der Waals surface area (Å²) in [4.78, 5) is 11.6. The molecule has 0 unspecified atom stereocenters. The number of carbonyl (C=O) groups is 1. The summed E-state index contributed by atoms with van der Waals surface area (Å²) in [6.45, 7) is 7.93. The fraction of sp³-hybridized carbons (Fsp3) is 0.923. The van der Waals surface area contributed by atoms with Crippen LogP contribution in [0.2, 0.25) is 0 Å². The van der Waals surface area contributed by atoms with Gasteiger partial charge in [0.2, 0.25) is 0 Å². The van der Waals surface area contributed by atoms with Crippen LogP contribution < -0.4 is 10.6 Å². The fourth-order valence-corrected chi connectivity index (χ4v) is 2.63. The molecule has 0 spiro atoms. The zero-order chi connectivity index (χ0) is 12.5. The largest absolute Gasteiger partial charge is 0.444 e. The maximum Gasteiger partial charge on any atom is 0.407 e. The van der Waals surface area contributed by atoms with Gasteiger partial charge in [0.1, 0.15) is 5.60 Å². The highest BCUT2D eigenvalue weighted by atomic mass is 16.6. The van der Waals surface area contributed by atoms with Crippen molar-refractivity contribution in [1.82, 2.24) is 10.6 Å². The standard InChI is InChI=1S/C13H24N2O2/c1-13(2,3)17-12(16)15-11-8-10(11)9-4-6-14-7-5-9/h9-11,14H,4-8H2,1-3H3,(H,15,16)/t10-,11+/m1/s1. The number of rotatable bonds is 2. The molecule has 98 valence electrons. The van der Waals surface area contributed by atoms with Crippen molar-refractivity contribution in [3.63, 3.8) is 0 Å². The molecule has 1 saturated heterocycles. The average molecular weight is 240 g/mol. The third-order valence-corrected chi connectivity index (χ3v) is 3.53. The second-order valence-electron chi connectivity index (χ2n) is 6.24. The molecule has 17 heavy (non-hydrogen) atoms. The fourth-order valence-electron chi connectivity index (χ4n) is 2.63. The van der Waals surface area contributed by atoms with Gasteiger partial charge in [-0.15, -0.1) is 0 Å². The maximum atomic E-state index is 11.6. The Morgan fingerprint density at radius 3 is 2.53 bits per heavy atom. The summed E-state index contributed by atoms with van der Waals surface area (Å²) < 4.78 is 5.26. The highest BCUT2D eigenvalue weighted by Crippen LogP contribution is 2.41. The van der Waals surface area contributed by atoms with Gasteiger partial charge in [-0.3, -0.25) is 0 Å². The monoisotopic (exact) mass is 240 g/mol. The van der Waals surface area contributed by atoms with Crippen LogP contribution in [0.15, 0.2) is 0 Å². The molecule has 1 saturated carbocycles. The van der Waals surface area contributed by atoms with Crippen molar-refractivity contribution in [2.24, 2.45) is 11.8 Å². The third kappa shape index (κ3) is 3.87. The molecule has 2 aliphatic rings. The van der Waals surface area contributed by atoms with Crippen molar-refractivity contribution in [3.8, 4) is 0 Å². The van der Waals surface area contributed by atoms with E-state index in [1.54, 1.807) is 0 Å². The van der Waals surface area contributed by atoms with Gasteiger partial charge in [-0.2, -0.15) is 0 Å². The zero-order valence-corrected chi connectivity index (χ0v) is 11.1. The highest BCUT2D eigenvalue weighted by molar-refractivity contribution is 5.68. The molecule has 0 radical (unpaired) electrons. The molecule has 1 amide bonds. The number of alkyl carbamates (subject to hydrolysis) is 1. The van der Waals surface area contributed by atoms with E-state index in [1.807, 2.05) is 20.8 Å². The van der Waals surface area contributed by atoms with Crippen LogP contribution in [0, 0.1) is 11.8 Å². The van der Waals surface area contributed by atoms with Crippen LogP contribution in [0.5, 0.6) is 0 Å². The Morgan fingerprint density at radius 2 is 1.94 bits per heavy atom. The summed E-state index contributed by atoms with van der Waals surface area (Å²) in [6, 6.07) is 0.355. The summed E-state index contributed by atoms with van der Waals surface area (Å²) in [7, 11) is 0. The summed E-state index contributed by atoms with van der Waals surface area (Å²) in [5, 5.41) is 6.35. The molecule has 0 bridgehead atoms. The lowest BCUT2D eigenvalue weighted by molar-refractivity contribution is 0.0518. The Morgan fingerprint density at radius 1 is 1.29 bits per heavy atom. The first-order chi connectivity index (χ1) is 7.96. The van der Waals surface area contributed by atoms with E-state index in [0.29, 0.717) is 12.0 Å². The normalized spacial score (nSPS) is 29.8. The number of hydrogen-bond donors (Lipinski definition) is 2. The Bertz CT molecular complexity index is 280. The molecule has 0 aromatic carbocycles. The molecule has 2 rings (SSSR count). The van der Waals surface area contributed by atoms with Crippen molar-refractivity contribution < 1.29 is 9.53 Å². The Balaban J connectivity index is 1.70. The molecule has 1 aliphatic carbocycles. The van der Waals surface area contributed by atoms with Crippen LogP contribution in [0.4, 0.5) is 4.79 Å². The second kappa shape index (κ2) is 4.84. The van der Waals surface area contributed by atoms with E-state index in [1.165, 1.54) is 12.8 Å². The molecule has 4 heteroatoms. The average Bonchev–Trinajstić information content (AvgIpc) is 2.95. The van der Waals surface area contributed by atoms with Crippen molar-refractivity contribution in [2.75, 3.05) is 13.1 Å². The van der Waals surface area contributed by atoms with Crippen molar-refractivity contribution in [1.29, 1.82) is 0 Å². The number of amides is 1. The number of hydrogen-bond acceptors (Lipinski definition) is 3. The topological polar surface area (TPSA) is 50.4 Å². The first kappa shape index (κ1) is 12.7. The maximum absolute atomic E-state index is 11.6. The molecule has 0 aromatic rings. The molecular weight excluding hydrogens is 216 g/mol. The van der Waals surface area contributed by atoms with E-state index in [-0.39, 0.29) is 6.09 Å². The highest BCUT2D eigenvalue weighted by Gasteiger charge is 2.44. The lowest BCUT2D eigenvalue weighted by Gasteiger charge is -2.23. The lowest BCUT2D eigenvalue weighted by Crippen LogP contribution is -2.36. The molecule has 2 atom stereocenters. The van der Waals surface area contributed by atoms with Gasteiger partial charge < -0.3 is 15.4 Å². The van der Waals surface area contributed by atoms with Gasteiger partial charge in [-0.1, -0.05) is 0 Å². The second-order valence-corrected chi connectivity index (χ2v) is 6.24. The molecule has 2 N–H and O–H groups in total. The summed E-state index contributed by atoms with van der Waals surface area (Å²) in [5.41, 5.74) is -0.400. The molecular formula is C13H24N2O2. The minimum atomic E-state index is -0.400. The van der Waals surface area contributed by atoms with Crippen LogP contribution in [0.25, 0.3) is 0 Å². The number of nitrogens with one attached hydrogen (secondary N) is 2. The third-order valence-electron chi connectivity index (χ3n) is 3.53. The Hall–Kier alpha value is -0.770. The van der Waals surface area contributed by atoms with Crippen LogP contribution in [0.3, 0.4) is 0 Å². The van der Waals surface area contributed by atoms with Gasteiger partial charge in [-0.25, -0.2) is 4.79 Å². The van der Waals surface area contributed by atoms with E-state index in [2.05, 4.69) is 10.6 Å². The number of carbonyl (C=O) groups excluding carboxylic acids is 1. The zero-order valence-electron chi connectivity index (χ0n) is 11.1. The van der Waals surface area contributed by atoms with Crippen LogP contribution in [-0.4, -0.2) is 30.8 Å². The predicted molar refractivity (Wildman–Crippen MR) is 66.9 cm³/mol. The van der Waals surface area contributed by atoms with E-state index >= 15 is 0 Å². The van der Waals surface area contributed by atoms with Gasteiger partial charge in [0.15, 0.2) is 0 Å². The van der Waals surface area contributed by atoms with Crippen molar-refractivity contribution in [2.45, 2.75) is 51.7 Å². The first-order valence-electron chi connectivity index (χ1n) is 6.66. The number of piperidine rings is 1. The van der Waals surface area contributed by atoms with Crippen LogP contribution in [-0.2, 0) is 4.74 Å². The van der Waals surface area contributed by atoms with Gasteiger partial charge in [-0.05, 0) is 65.0 Å². The first-order valence-corrected chi connectivity index (χ1v) is 6.66. The Labute approximate surface area is 103 Å². The molecule has 1 aliphatic heterocycles. The van der Waals surface area contributed by atoms with E-state index < -0.39 is 5.60 Å². The van der Waals surface area contributed by atoms with E-state index in [9.17, 15) is 4.79 Å². The molecule has 1 heterocycles.